The predicted molar refractivity (Wildman–Crippen MR) is 72.6 cm³/mol. The summed E-state index contributed by atoms with van der Waals surface area (Å²) in [6, 6.07) is 12.9. The Bertz CT molecular complexity index is 531. The molecule has 2 aromatic carbocycles. The van der Waals surface area contributed by atoms with Gasteiger partial charge >= 0.3 is 0 Å². The lowest BCUT2D eigenvalue weighted by Crippen LogP contribution is -2.01. The summed E-state index contributed by atoms with van der Waals surface area (Å²) in [5, 5.41) is 0. The number of nitrogens with two attached hydrogens (primary N) is 1. The first-order valence-corrected chi connectivity index (χ1v) is 6.73. The van der Waals surface area contributed by atoms with Crippen LogP contribution in [0.15, 0.2) is 56.7 Å². The highest BCUT2D eigenvalue weighted by molar-refractivity contribution is 9.10. The highest BCUT2D eigenvalue weighted by Crippen LogP contribution is 2.35. The van der Waals surface area contributed by atoms with Gasteiger partial charge in [0.1, 0.15) is 5.82 Å². The topological polar surface area (TPSA) is 26.0 Å². The standard InChI is InChI=1S/C13H11BrFNS/c14-10-4-1-2-6-13(10)17-12-7-3-5-11(15)9(12)8-16/h1-7H,8,16H2. The van der Waals surface area contributed by atoms with Crippen LogP contribution in [0.5, 0.6) is 0 Å². The highest BCUT2D eigenvalue weighted by Gasteiger charge is 2.09. The molecular formula is C13H11BrFNS. The summed E-state index contributed by atoms with van der Waals surface area (Å²) in [4.78, 5) is 1.91. The maximum Gasteiger partial charge on any atom is 0.128 e. The summed E-state index contributed by atoms with van der Waals surface area (Å²) in [5.74, 6) is -0.246. The summed E-state index contributed by atoms with van der Waals surface area (Å²) >= 11 is 4.99. The molecule has 88 valence electrons. The van der Waals surface area contributed by atoms with Crippen molar-refractivity contribution in [2.24, 2.45) is 5.73 Å². The fourth-order valence-corrected chi connectivity index (χ4v) is 3.01. The van der Waals surface area contributed by atoms with E-state index < -0.39 is 0 Å². The third-order valence-electron chi connectivity index (χ3n) is 2.34. The van der Waals surface area contributed by atoms with E-state index in [0.29, 0.717) is 5.56 Å². The largest absolute Gasteiger partial charge is 0.326 e. The van der Waals surface area contributed by atoms with Crippen molar-refractivity contribution >= 4 is 27.7 Å². The van der Waals surface area contributed by atoms with Crippen LogP contribution in [-0.4, -0.2) is 0 Å². The average Bonchev–Trinajstić information content (AvgIpc) is 2.32. The van der Waals surface area contributed by atoms with Gasteiger partial charge in [0.05, 0.1) is 0 Å². The van der Waals surface area contributed by atoms with Crippen molar-refractivity contribution in [2.75, 3.05) is 0 Å². The van der Waals surface area contributed by atoms with Crippen LogP contribution < -0.4 is 5.73 Å². The van der Waals surface area contributed by atoms with Crippen LogP contribution >= 0.6 is 27.7 Å². The molecule has 0 saturated heterocycles. The van der Waals surface area contributed by atoms with Crippen LogP contribution in [0, 0.1) is 5.82 Å². The van der Waals surface area contributed by atoms with E-state index in [1.165, 1.54) is 17.8 Å². The van der Waals surface area contributed by atoms with Crippen LogP contribution in [0.4, 0.5) is 4.39 Å². The second-order valence-electron chi connectivity index (χ2n) is 3.45. The van der Waals surface area contributed by atoms with Gasteiger partial charge < -0.3 is 5.73 Å². The van der Waals surface area contributed by atoms with Crippen LogP contribution in [0.25, 0.3) is 0 Å². The quantitative estimate of drug-likeness (QED) is 0.919. The van der Waals surface area contributed by atoms with Gasteiger partial charge in [-0.3, -0.25) is 0 Å². The summed E-state index contributed by atoms with van der Waals surface area (Å²) < 4.78 is 14.5. The van der Waals surface area contributed by atoms with Crippen molar-refractivity contribution in [1.82, 2.24) is 0 Å². The van der Waals surface area contributed by atoms with Gasteiger partial charge in [0.15, 0.2) is 0 Å². The minimum absolute atomic E-state index is 0.208. The molecule has 0 radical (unpaired) electrons. The molecule has 0 aliphatic heterocycles. The molecule has 0 unspecified atom stereocenters. The van der Waals surface area contributed by atoms with E-state index >= 15 is 0 Å². The van der Waals surface area contributed by atoms with Crippen LogP contribution in [0.1, 0.15) is 5.56 Å². The molecule has 0 heterocycles. The molecule has 0 saturated carbocycles. The zero-order chi connectivity index (χ0) is 12.3. The molecule has 0 aliphatic carbocycles. The van der Waals surface area contributed by atoms with Crippen LogP contribution in [0.3, 0.4) is 0 Å². The Kier molecular flexibility index (Phi) is 4.20. The smallest absolute Gasteiger partial charge is 0.128 e. The van der Waals surface area contributed by atoms with Crippen molar-refractivity contribution in [3.8, 4) is 0 Å². The van der Waals surface area contributed by atoms with Crippen LogP contribution in [-0.2, 0) is 6.54 Å². The molecule has 2 rings (SSSR count). The van der Waals surface area contributed by atoms with Gasteiger partial charge in [0.2, 0.25) is 0 Å². The Morgan fingerprint density at radius 3 is 2.47 bits per heavy atom. The molecule has 4 heteroatoms. The maximum atomic E-state index is 13.5. The fraction of sp³-hybridized carbons (Fsp3) is 0.0769. The molecule has 0 spiro atoms. The monoisotopic (exact) mass is 311 g/mol. The molecular weight excluding hydrogens is 301 g/mol. The zero-order valence-electron chi connectivity index (χ0n) is 8.99. The Morgan fingerprint density at radius 1 is 1.06 bits per heavy atom. The predicted octanol–water partition coefficient (Wildman–Crippen LogP) is 4.20. The SMILES string of the molecule is NCc1c(F)cccc1Sc1ccccc1Br. The summed E-state index contributed by atoms with van der Waals surface area (Å²) in [5.41, 5.74) is 6.14. The first-order valence-electron chi connectivity index (χ1n) is 5.12. The number of hydrogen-bond acceptors (Lipinski definition) is 2. The normalized spacial score (nSPS) is 10.5. The summed E-state index contributed by atoms with van der Waals surface area (Å²) in [6.07, 6.45) is 0. The lowest BCUT2D eigenvalue weighted by Gasteiger charge is -2.09. The van der Waals surface area contributed by atoms with Crippen molar-refractivity contribution in [3.63, 3.8) is 0 Å². The lowest BCUT2D eigenvalue weighted by atomic mass is 10.2. The number of hydrogen-bond donors (Lipinski definition) is 1. The minimum Gasteiger partial charge on any atom is -0.326 e. The molecule has 0 aromatic heterocycles. The third-order valence-corrected chi connectivity index (χ3v) is 4.47. The zero-order valence-corrected chi connectivity index (χ0v) is 11.4. The van der Waals surface area contributed by atoms with Gasteiger partial charge in [-0.2, -0.15) is 0 Å². The maximum absolute atomic E-state index is 13.5. The lowest BCUT2D eigenvalue weighted by molar-refractivity contribution is 0.604. The first kappa shape index (κ1) is 12.6. The molecule has 2 aromatic rings. The van der Waals surface area contributed by atoms with E-state index in [1.54, 1.807) is 6.07 Å². The fourth-order valence-electron chi connectivity index (χ4n) is 1.48. The van der Waals surface area contributed by atoms with Crippen molar-refractivity contribution in [3.05, 3.63) is 58.3 Å². The van der Waals surface area contributed by atoms with E-state index in [1.807, 2.05) is 30.3 Å². The first-order chi connectivity index (χ1) is 8.22. The number of benzene rings is 2. The van der Waals surface area contributed by atoms with E-state index in [-0.39, 0.29) is 12.4 Å². The van der Waals surface area contributed by atoms with Gasteiger partial charge in [0.25, 0.3) is 0 Å². The highest BCUT2D eigenvalue weighted by atomic mass is 79.9. The van der Waals surface area contributed by atoms with Gasteiger partial charge in [0, 0.05) is 26.4 Å². The van der Waals surface area contributed by atoms with Crippen molar-refractivity contribution < 1.29 is 4.39 Å². The minimum atomic E-state index is -0.246. The van der Waals surface area contributed by atoms with Gasteiger partial charge in [-0.15, -0.1) is 0 Å². The molecule has 0 amide bonds. The number of halogens is 2. The van der Waals surface area contributed by atoms with E-state index in [9.17, 15) is 4.39 Å². The second kappa shape index (κ2) is 5.67. The molecule has 17 heavy (non-hydrogen) atoms. The van der Waals surface area contributed by atoms with Gasteiger partial charge in [-0.1, -0.05) is 30.0 Å². The van der Waals surface area contributed by atoms with Gasteiger partial charge in [-0.25, -0.2) is 4.39 Å². The Morgan fingerprint density at radius 2 is 1.76 bits per heavy atom. The molecule has 0 atom stereocenters. The average molecular weight is 312 g/mol. The summed E-state index contributed by atoms with van der Waals surface area (Å²) in [6.45, 7) is 0.208. The van der Waals surface area contributed by atoms with Gasteiger partial charge in [-0.05, 0) is 40.2 Å². The van der Waals surface area contributed by atoms with Crippen molar-refractivity contribution in [2.45, 2.75) is 16.3 Å². The Hall–Kier alpha value is -0.840. The number of rotatable bonds is 3. The second-order valence-corrected chi connectivity index (χ2v) is 5.39. The third kappa shape index (κ3) is 2.89. The van der Waals surface area contributed by atoms with Crippen molar-refractivity contribution in [1.29, 1.82) is 0 Å². The molecule has 0 bridgehead atoms. The van der Waals surface area contributed by atoms with E-state index in [2.05, 4.69) is 15.9 Å². The molecule has 0 aliphatic rings. The van der Waals surface area contributed by atoms with Crippen LogP contribution in [0.2, 0.25) is 0 Å². The van der Waals surface area contributed by atoms with E-state index in [4.69, 9.17) is 5.73 Å². The molecule has 0 fully saturated rings. The molecule has 2 N–H and O–H groups in total. The van der Waals surface area contributed by atoms with E-state index in [0.717, 1.165) is 14.3 Å². The Balaban J connectivity index is 2.37. The Labute approximate surface area is 112 Å². The molecule has 1 nitrogen and oxygen atoms in total. The summed E-state index contributed by atoms with van der Waals surface area (Å²) in [7, 11) is 0.